The van der Waals surface area contributed by atoms with Crippen molar-refractivity contribution < 1.29 is 23.8 Å². The van der Waals surface area contributed by atoms with E-state index in [4.69, 9.17) is 14.2 Å². The number of anilines is 1. The Morgan fingerprint density at radius 3 is 2.25 bits per heavy atom. The highest BCUT2D eigenvalue weighted by Gasteiger charge is 2.38. The molecule has 1 heterocycles. The molecule has 0 spiro atoms. The van der Waals surface area contributed by atoms with Crippen LogP contribution in [0.1, 0.15) is 32.8 Å². The van der Waals surface area contributed by atoms with E-state index in [1.165, 1.54) is 4.90 Å². The molecule has 0 saturated carbocycles. The first-order valence-electron chi connectivity index (χ1n) is 11.0. The van der Waals surface area contributed by atoms with Gasteiger partial charge in [-0.1, -0.05) is 30.3 Å². The number of ether oxygens (including phenoxy) is 3. The van der Waals surface area contributed by atoms with Crippen molar-refractivity contribution in [2.45, 2.75) is 27.2 Å². The molecule has 2 amide bonds. The molecule has 2 aromatic rings. The molecule has 0 saturated heterocycles. The van der Waals surface area contributed by atoms with Crippen molar-refractivity contribution in [3.8, 4) is 11.5 Å². The highest BCUT2D eigenvalue weighted by Crippen LogP contribution is 2.34. The molecule has 0 unspecified atom stereocenters. The predicted molar refractivity (Wildman–Crippen MR) is 124 cm³/mol. The van der Waals surface area contributed by atoms with Gasteiger partial charge in [-0.15, -0.1) is 0 Å². The minimum Gasteiger partial charge on any atom is -0.490 e. The summed E-state index contributed by atoms with van der Waals surface area (Å²) in [5, 5.41) is 3.17. The second kappa shape index (κ2) is 11.3. The summed E-state index contributed by atoms with van der Waals surface area (Å²) in [5.74, 6) is 0.545. The van der Waals surface area contributed by atoms with Crippen molar-refractivity contribution in [3.63, 3.8) is 0 Å². The number of nitrogens with zero attached hydrogens (tertiary/aromatic N) is 1. The molecule has 0 radical (unpaired) electrons. The van der Waals surface area contributed by atoms with E-state index >= 15 is 0 Å². The predicted octanol–water partition coefficient (Wildman–Crippen LogP) is 4.10. The molecule has 0 aliphatic carbocycles. The first kappa shape index (κ1) is 23.3. The third kappa shape index (κ3) is 5.29. The van der Waals surface area contributed by atoms with Gasteiger partial charge in [0.25, 0.3) is 11.8 Å². The zero-order chi connectivity index (χ0) is 22.9. The van der Waals surface area contributed by atoms with Crippen molar-refractivity contribution in [1.29, 1.82) is 0 Å². The quantitative estimate of drug-likeness (QED) is 0.397. The molecule has 1 aliphatic heterocycles. The monoisotopic (exact) mass is 438 g/mol. The number of amides is 2. The largest absolute Gasteiger partial charge is 0.490 e. The van der Waals surface area contributed by atoms with Gasteiger partial charge in [-0.3, -0.25) is 14.5 Å². The molecule has 1 N–H and O–H groups in total. The Morgan fingerprint density at radius 2 is 1.56 bits per heavy atom. The Labute approximate surface area is 189 Å². The minimum atomic E-state index is -0.350. The molecule has 7 heteroatoms. The van der Waals surface area contributed by atoms with Crippen LogP contribution in [0.2, 0.25) is 0 Å². The van der Waals surface area contributed by atoms with Gasteiger partial charge in [0, 0.05) is 31.5 Å². The topological polar surface area (TPSA) is 77.1 Å². The lowest BCUT2D eigenvalue weighted by Gasteiger charge is -2.16. The van der Waals surface area contributed by atoms with Crippen LogP contribution in [0.15, 0.2) is 54.2 Å². The third-order valence-corrected chi connectivity index (χ3v) is 4.92. The first-order valence-corrected chi connectivity index (χ1v) is 11.0. The summed E-state index contributed by atoms with van der Waals surface area (Å²) >= 11 is 0. The molecular formula is C25H30N2O5. The van der Waals surface area contributed by atoms with Gasteiger partial charge in [-0.2, -0.15) is 0 Å². The number of imide groups is 1. The zero-order valence-corrected chi connectivity index (χ0v) is 18.8. The van der Waals surface area contributed by atoms with Crippen LogP contribution >= 0.6 is 0 Å². The summed E-state index contributed by atoms with van der Waals surface area (Å²) in [7, 11) is 0. The second-order valence-electron chi connectivity index (χ2n) is 7.08. The van der Waals surface area contributed by atoms with Gasteiger partial charge in [-0.05, 0) is 44.9 Å². The van der Waals surface area contributed by atoms with Crippen LogP contribution in [0, 0.1) is 0 Å². The van der Waals surface area contributed by atoms with Crippen LogP contribution in [0.4, 0.5) is 5.69 Å². The number of hydrogen-bond acceptors (Lipinski definition) is 6. The fourth-order valence-corrected chi connectivity index (χ4v) is 3.51. The SMILES string of the molecule is CCOCCCN1C(=O)C(Nc2ccc(OCC)c(OCC)c2)=C(c2ccccc2)C1=O. The summed E-state index contributed by atoms with van der Waals surface area (Å²) in [4.78, 5) is 27.7. The number of nitrogens with one attached hydrogen (secondary N) is 1. The first-order chi connectivity index (χ1) is 15.6. The number of carbonyl (C=O) groups is 2. The highest BCUT2D eigenvalue weighted by molar-refractivity contribution is 6.36. The summed E-state index contributed by atoms with van der Waals surface area (Å²) in [5.41, 5.74) is 1.94. The van der Waals surface area contributed by atoms with Gasteiger partial charge in [0.05, 0.1) is 18.8 Å². The van der Waals surface area contributed by atoms with Gasteiger partial charge in [0.1, 0.15) is 5.70 Å². The molecule has 3 rings (SSSR count). The van der Waals surface area contributed by atoms with Crippen LogP contribution in [0.25, 0.3) is 5.57 Å². The van der Waals surface area contributed by atoms with E-state index in [0.717, 1.165) is 0 Å². The van der Waals surface area contributed by atoms with Crippen LogP contribution in [-0.4, -0.2) is 49.7 Å². The van der Waals surface area contributed by atoms with Gasteiger partial charge in [-0.25, -0.2) is 0 Å². The maximum Gasteiger partial charge on any atom is 0.278 e. The highest BCUT2D eigenvalue weighted by atomic mass is 16.5. The van der Waals surface area contributed by atoms with E-state index in [2.05, 4.69) is 5.32 Å². The number of hydrogen-bond donors (Lipinski definition) is 1. The van der Waals surface area contributed by atoms with E-state index in [0.29, 0.717) is 67.7 Å². The van der Waals surface area contributed by atoms with Gasteiger partial charge in [0.2, 0.25) is 0 Å². The Morgan fingerprint density at radius 1 is 0.844 bits per heavy atom. The smallest absolute Gasteiger partial charge is 0.278 e. The lowest BCUT2D eigenvalue weighted by molar-refractivity contribution is -0.137. The van der Waals surface area contributed by atoms with Crippen molar-refractivity contribution in [1.82, 2.24) is 4.90 Å². The average molecular weight is 439 g/mol. The Hall–Kier alpha value is -3.32. The van der Waals surface area contributed by atoms with Crippen LogP contribution in [0.5, 0.6) is 11.5 Å². The fraction of sp³-hybridized carbons (Fsp3) is 0.360. The van der Waals surface area contributed by atoms with Crippen LogP contribution in [-0.2, 0) is 14.3 Å². The summed E-state index contributed by atoms with van der Waals surface area (Å²) in [6, 6.07) is 14.6. The lowest BCUT2D eigenvalue weighted by atomic mass is 10.0. The molecule has 7 nitrogen and oxygen atoms in total. The fourth-order valence-electron chi connectivity index (χ4n) is 3.51. The number of benzene rings is 2. The Balaban J connectivity index is 1.93. The number of carbonyl (C=O) groups excluding carboxylic acids is 2. The molecule has 0 atom stereocenters. The molecule has 0 fully saturated rings. The van der Waals surface area contributed by atoms with E-state index in [9.17, 15) is 9.59 Å². The third-order valence-electron chi connectivity index (χ3n) is 4.92. The van der Waals surface area contributed by atoms with E-state index in [-0.39, 0.29) is 17.5 Å². The lowest BCUT2D eigenvalue weighted by Crippen LogP contribution is -2.34. The standard InChI is InChI=1S/C25H30N2O5/c1-4-30-16-10-15-27-24(28)22(18-11-8-7-9-12-18)23(25(27)29)26-19-13-14-20(31-5-2)21(17-19)32-6-3/h7-9,11-14,17,26H,4-6,10,15-16H2,1-3H3. The Kier molecular flexibility index (Phi) is 8.27. The normalized spacial score (nSPS) is 13.7. The van der Waals surface area contributed by atoms with E-state index < -0.39 is 0 Å². The van der Waals surface area contributed by atoms with Gasteiger partial charge in [0.15, 0.2) is 11.5 Å². The van der Waals surface area contributed by atoms with Gasteiger partial charge < -0.3 is 19.5 Å². The Bertz CT molecular complexity index is 972. The molecule has 170 valence electrons. The van der Waals surface area contributed by atoms with E-state index in [1.807, 2.05) is 51.1 Å². The molecular weight excluding hydrogens is 408 g/mol. The maximum atomic E-state index is 13.2. The summed E-state index contributed by atoms with van der Waals surface area (Å²) in [6.07, 6.45) is 0.582. The van der Waals surface area contributed by atoms with Gasteiger partial charge >= 0.3 is 0 Å². The summed E-state index contributed by atoms with van der Waals surface area (Å²) in [6.45, 7) is 8.10. The maximum absolute atomic E-state index is 13.2. The van der Waals surface area contributed by atoms with Crippen molar-refractivity contribution in [2.24, 2.45) is 0 Å². The minimum absolute atomic E-state index is 0.254. The molecule has 32 heavy (non-hydrogen) atoms. The molecule has 0 aromatic heterocycles. The van der Waals surface area contributed by atoms with Crippen molar-refractivity contribution >= 4 is 23.1 Å². The van der Waals surface area contributed by atoms with Crippen molar-refractivity contribution in [2.75, 3.05) is 38.3 Å². The summed E-state index contributed by atoms with van der Waals surface area (Å²) < 4.78 is 16.7. The number of rotatable bonds is 12. The average Bonchev–Trinajstić information content (AvgIpc) is 3.03. The van der Waals surface area contributed by atoms with E-state index in [1.54, 1.807) is 18.2 Å². The van der Waals surface area contributed by atoms with Crippen molar-refractivity contribution in [3.05, 3.63) is 59.8 Å². The second-order valence-corrected chi connectivity index (χ2v) is 7.08. The molecule has 0 bridgehead atoms. The molecule has 1 aliphatic rings. The van der Waals surface area contributed by atoms with Crippen LogP contribution < -0.4 is 14.8 Å². The molecule has 2 aromatic carbocycles. The van der Waals surface area contributed by atoms with Crippen LogP contribution in [0.3, 0.4) is 0 Å². The zero-order valence-electron chi connectivity index (χ0n) is 18.8.